The predicted octanol–water partition coefficient (Wildman–Crippen LogP) is 2.51. The van der Waals surface area contributed by atoms with E-state index >= 15 is 0 Å². The zero-order valence-corrected chi connectivity index (χ0v) is 14.9. The van der Waals surface area contributed by atoms with Gasteiger partial charge >= 0.3 is 0 Å². The van der Waals surface area contributed by atoms with Crippen LogP contribution in [0.3, 0.4) is 0 Å². The first-order valence-corrected chi connectivity index (χ1v) is 8.70. The summed E-state index contributed by atoms with van der Waals surface area (Å²) in [6.45, 7) is 3.05. The van der Waals surface area contributed by atoms with E-state index in [1.165, 1.54) is 5.69 Å². The first kappa shape index (κ1) is 17.2. The summed E-state index contributed by atoms with van der Waals surface area (Å²) >= 11 is 0. The first-order chi connectivity index (χ1) is 12.1. The average molecular weight is 339 g/mol. The fourth-order valence-electron chi connectivity index (χ4n) is 3.08. The van der Waals surface area contributed by atoms with E-state index in [9.17, 15) is 4.79 Å². The van der Waals surface area contributed by atoms with Crippen LogP contribution >= 0.6 is 0 Å². The van der Waals surface area contributed by atoms with Gasteiger partial charge in [0.1, 0.15) is 5.82 Å². The van der Waals surface area contributed by atoms with Crippen LogP contribution in [0.4, 0.5) is 11.5 Å². The summed E-state index contributed by atoms with van der Waals surface area (Å²) in [6.07, 6.45) is 7.65. The topological polar surface area (TPSA) is 61.4 Å². The minimum atomic E-state index is -0.0254. The molecule has 3 heterocycles. The van der Waals surface area contributed by atoms with E-state index in [2.05, 4.69) is 32.3 Å². The molecule has 3 rings (SSSR count). The molecule has 0 aromatic carbocycles. The van der Waals surface area contributed by atoms with E-state index < -0.39 is 0 Å². The van der Waals surface area contributed by atoms with Crippen LogP contribution < -0.4 is 10.2 Å². The molecular formula is C19H25N5O. The molecule has 1 saturated heterocycles. The van der Waals surface area contributed by atoms with Crippen molar-refractivity contribution in [3.63, 3.8) is 0 Å². The minimum absolute atomic E-state index is 0.0254. The minimum Gasteiger partial charge on any atom is -0.371 e. The van der Waals surface area contributed by atoms with E-state index in [1.807, 2.05) is 24.5 Å². The van der Waals surface area contributed by atoms with Crippen LogP contribution in [-0.2, 0) is 0 Å². The third-order valence-electron chi connectivity index (χ3n) is 4.63. The summed E-state index contributed by atoms with van der Waals surface area (Å²) in [7, 11) is 3.49. The smallest absolute Gasteiger partial charge is 0.254 e. The third kappa shape index (κ3) is 4.47. The van der Waals surface area contributed by atoms with Gasteiger partial charge in [0, 0.05) is 58.0 Å². The Morgan fingerprint density at radius 3 is 2.52 bits per heavy atom. The first-order valence-electron chi connectivity index (χ1n) is 8.70. The van der Waals surface area contributed by atoms with Gasteiger partial charge in [-0.3, -0.25) is 9.78 Å². The van der Waals surface area contributed by atoms with Crippen molar-refractivity contribution in [3.8, 4) is 0 Å². The highest BCUT2D eigenvalue weighted by Gasteiger charge is 2.19. The van der Waals surface area contributed by atoms with E-state index in [-0.39, 0.29) is 5.91 Å². The summed E-state index contributed by atoms with van der Waals surface area (Å²) in [6, 6.07) is 7.84. The number of hydrogen-bond acceptors (Lipinski definition) is 5. The van der Waals surface area contributed by atoms with Gasteiger partial charge < -0.3 is 15.1 Å². The molecule has 0 aliphatic carbocycles. The van der Waals surface area contributed by atoms with Crippen molar-refractivity contribution < 1.29 is 4.79 Å². The largest absolute Gasteiger partial charge is 0.371 e. The molecule has 0 spiro atoms. The summed E-state index contributed by atoms with van der Waals surface area (Å²) in [5, 5.41) is 3.40. The van der Waals surface area contributed by atoms with Gasteiger partial charge in [-0.15, -0.1) is 0 Å². The molecule has 2 aromatic heterocycles. The summed E-state index contributed by atoms with van der Waals surface area (Å²) in [4.78, 5) is 24.3. The Kier molecular flexibility index (Phi) is 5.48. The monoisotopic (exact) mass is 339 g/mol. The molecule has 25 heavy (non-hydrogen) atoms. The second-order valence-corrected chi connectivity index (χ2v) is 6.65. The molecule has 0 bridgehead atoms. The second kappa shape index (κ2) is 7.96. The molecule has 6 heteroatoms. The van der Waals surface area contributed by atoms with Crippen LogP contribution in [0.2, 0.25) is 0 Å². The Labute approximate surface area is 148 Å². The maximum absolute atomic E-state index is 11.9. The summed E-state index contributed by atoms with van der Waals surface area (Å²) in [5.41, 5.74) is 1.87. The average Bonchev–Trinajstić information content (AvgIpc) is 2.67. The summed E-state index contributed by atoms with van der Waals surface area (Å²) < 4.78 is 0. The highest BCUT2D eigenvalue weighted by atomic mass is 16.2. The second-order valence-electron chi connectivity index (χ2n) is 6.65. The van der Waals surface area contributed by atoms with Crippen LogP contribution in [0.1, 0.15) is 23.2 Å². The lowest BCUT2D eigenvalue weighted by molar-refractivity contribution is 0.0827. The van der Waals surface area contributed by atoms with Gasteiger partial charge in [-0.1, -0.05) is 0 Å². The molecule has 1 aliphatic heterocycles. The standard InChI is InChI=1S/C19H25N5O/c1-23(2)19(25)16-3-4-18(22-14-16)21-13-15-7-11-24(12-8-15)17-5-9-20-10-6-17/h3-6,9-10,14-15H,7-8,11-13H2,1-2H3,(H,21,22). The fourth-order valence-corrected chi connectivity index (χ4v) is 3.08. The van der Waals surface area contributed by atoms with Crippen LogP contribution in [0, 0.1) is 5.92 Å². The van der Waals surface area contributed by atoms with Crippen molar-refractivity contribution in [2.24, 2.45) is 5.92 Å². The van der Waals surface area contributed by atoms with Crippen molar-refractivity contribution in [1.29, 1.82) is 0 Å². The lowest BCUT2D eigenvalue weighted by Gasteiger charge is -2.33. The fraction of sp³-hybridized carbons (Fsp3) is 0.421. The number of carbonyl (C=O) groups excluding carboxylic acids is 1. The molecule has 132 valence electrons. The Morgan fingerprint density at radius 2 is 1.92 bits per heavy atom. The molecule has 1 amide bonds. The number of aromatic nitrogens is 2. The zero-order valence-electron chi connectivity index (χ0n) is 14.9. The quantitative estimate of drug-likeness (QED) is 0.907. The number of rotatable bonds is 5. The van der Waals surface area contributed by atoms with E-state index in [1.54, 1.807) is 25.2 Å². The van der Waals surface area contributed by atoms with Gasteiger partial charge in [-0.25, -0.2) is 4.98 Å². The normalized spacial score (nSPS) is 15.0. The molecule has 1 fully saturated rings. The molecule has 1 N–H and O–H groups in total. The molecule has 0 unspecified atom stereocenters. The Balaban J connectivity index is 1.46. The molecule has 2 aromatic rings. The maximum atomic E-state index is 11.9. The van der Waals surface area contributed by atoms with Crippen LogP contribution in [-0.4, -0.2) is 54.5 Å². The van der Waals surface area contributed by atoms with Crippen molar-refractivity contribution in [2.45, 2.75) is 12.8 Å². The number of nitrogens with one attached hydrogen (secondary N) is 1. The van der Waals surface area contributed by atoms with Gasteiger partial charge in [0.15, 0.2) is 0 Å². The number of carbonyl (C=O) groups is 1. The van der Waals surface area contributed by atoms with Gasteiger partial charge in [-0.2, -0.15) is 0 Å². The van der Waals surface area contributed by atoms with Crippen molar-refractivity contribution >= 4 is 17.4 Å². The SMILES string of the molecule is CN(C)C(=O)c1ccc(NCC2CCN(c3ccncc3)CC2)nc1. The van der Waals surface area contributed by atoms with Crippen LogP contribution in [0.25, 0.3) is 0 Å². The van der Waals surface area contributed by atoms with Gasteiger partial charge in [-0.05, 0) is 43.0 Å². The van der Waals surface area contributed by atoms with E-state index in [4.69, 9.17) is 0 Å². The van der Waals surface area contributed by atoms with Gasteiger partial charge in [0.25, 0.3) is 5.91 Å². The number of nitrogens with zero attached hydrogens (tertiary/aromatic N) is 4. The molecule has 1 aliphatic rings. The Bertz CT molecular complexity index is 679. The molecule has 0 radical (unpaired) electrons. The number of hydrogen-bond donors (Lipinski definition) is 1. The highest BCUT2D eigenvalue weighted by Crippen LogP contribution is 2.23. The van der Waals surface area contributed by atoms with Gasteiger partial charge in [0.05, 0.1) is 5.56 Å². The van der Waals surface area contributed by atoms with E-state index in [0.29, 0.717) is 11.5 Å². The van der Waals surface area contributed by atoms with Crippen LogP contribution in [0.15, 0.2) is 42.9 Å². The maximum Gasteiger partial charge on any atom is 0.254 e. The number of amides is 1. The highest BCUT2D eigenvalue weighted by molar-refractivity contribution is 5.93. The molecule has 0 saturated carbocycles. The van der Waals surface area contributed by atoms with E-state index in [0.717, 1.165) is 38.3 Å². The third-order valence-corrected chi connectivity index (χ3v) is 4.63. The number of anilines is 2. The van der Waals surface area contributed by atoms with Crippen molar-refractivity contribution in [1.82, 2.24) is 14.9 Å². The van der Waals surface area contributed by atoms with Gasteiger partial charge in [0.2, 0.25) is 0 Å². The zero-order chi connectivity index (χ0) is 17.6. The number of pyridine rings is 2. The van der Waals surface area contributed by atoms with Crippen molar-refractivity contribution in [3.05, 3.63) is 48.4 Å². The predicted molar refractivity (Wildman–Crippen MR) is 99.9 cm³/mol. The Morgan fingerprint density at radius 1 is 1.20 bits per heavy atom. The molecular weight excluding hydrogens is 314 g/mol. The molecule has 0 atom stereocenters. The lowest BCUT2D eigenvalue weighted by atomic mass is 9.96. The summed E-state index contributed by atoms with van der Waals surface area (Å²) in [5.74, 6) is 1.44. The molecule has 6 nitrogen and oxygen atoms in total. The lowest BCUT2D eigenvalue weighted by Crippen LogP contribution is -2.35. The van der Waals surface area contributed by atoms with Crippen molar-refractivity contribution in [2.75, 3.05) is 43.9 Å². The Hall–Kier alpha value is -2.63. The van der Waals surface area contributed by atoms with Crippen LogP contribution in [0.5, 0.6) is 0 Å². The number of piperidine rings is 1.